The van der Waals surface area contributed by atoms with E-state index in [1.165, 1.54) is 18.1 Å². The number of nitrogen functional groups attached to an aromatic ring is 1. The van der Waals surface area contributed by atoms with Crippen LogP contribution in [0.2, 0.25) is 5.02 Å². The molecule has 3 heterocycles. The molecule has 30 heavy (non-hydrogen) atoms. The number of fused-ring (bicyclic) bond motifs is 1. The van der Waals surface area contributed by atoms with Crippen LogP contribution < -0.4 is 11.1 Å². The van der Waals surface area contributed by atoms with Crippen LogP contribution in [-0.4, -0.2) is 19.9 Å². The van der Waals surface area contributed by atoms with Crippen molar-refractivity contribution >= 4 is 51.6 Å². The first kappa shape index (κ1) is 20.2. The van der Waals surface area contributed by atoms with Gasteiger partial charge in [0.2, 0.25) is 0 Å². The van der Waals surface area contributed by atoms with E-state index in [9.17, 15) is 13.2 Å². The van der Waals surface area contributed by atoms with Crippen LogP contribution in [0, 0.1) is 0 Å². The molecule has 0 aliphatic heterocycles. The maximum atomic E-state index is 12.8. The first-order valence-corrected chi connectivity index (χ1v) is 9.64. The van der Waals surface area contributed by atoms with Crippen molar-refractivity contribution < 1.29 is 13.2 Å². The number of alkyl halides is 3. The predicted octanol–water partition coefficient (Wildman–Crippen LogP) is 5.57. The summed E-state index contributed by atoms with van der Waals surface area (Å²) in [5.74, 6) is 0.174. The largest absolute Gasteiger partial charge is 0.417 e. The highest BCUT2D eigenvalue weighted by molar-refractivity contribution is 7.99. The Bertz CT molecular complexity index is 1230. The van der Waals surface area contributed by atoms with Crippen LogP contribution in [0.5, 0.6) is 0 Å². The Hall–Kier alpha value is -3.11. The number of nitrogens with zero attached hydrogens (tertiary/aromatic N) is 4. The zero-order chi connectivity index (χ0) is 21.3. The lowest BCUT2D eigenvalue weighted by Gasteiger charge is -2.13. The SMILES string of the molecule is Nc1c(Nc2ncc(C(F)(F)F)cc2Cl)ncnc1Sc1cccc2cccnc12. The van der Waals surface area contributed by atoms with Crippen molar-refractivity contribution in [3.63, 3.8) is 0 Å². The maximum Gasteiger partial charge on any atom is 0.417 e. The average molecular weight is 449 g/mol. The lowest BCUT2D eigenvalue weighted by Crippen LogP contribution is -2.08. The number of aromatic nitrogens is 4. The van der Waals surface area contributed by atoms with E-state index in [-0.39, 0.29) is 22.3 Å². The lowest BCUT2D eigenvalue weighted by molar-refractivity contribution is -0.137. The summed E-state index contributed by atoms with van der Waals surface area (Å²) in [7, 11) is 0. The fourth-order valence-electron chi connectivity index (χ4n) is 2.62. The van der Waals surface area contributed by atoms with Crippen LogP contribution in [0.1, 0.15) is 5.56 Å². The predicted molar refractivity (Wildman–Crippen MR) is 110 cm³/mol. The minimum Gasteiger partial charge on any atom is -0.394 e. The van der Waals surface area contributed by atoms with Crippen LogP contribution in [0.15, 0.2) is 65.0 Å². The second-order valence-corrected chi connectivity index (χ2v) is 7.49. The van der Waals surface area contributed by atoms with Crippen molar-refractivity contribution in [2.75, 3.05) is 11.1 Å². The summed E-state index contributed by atoms with van der Waals surface area (Å²) in [5, 5.41) is 3.97. The molecule has 0 saturated heterocycles. The summed E-state index contributed by atoms with van der Waals surface area (Å²) >= 11 is 7.25. The molecular weight excluding hydrogens is 437 g/mol. The van der Waals surface area contributed by atoms with E-state index in [0.717, 1.165) is 21.9 Å². The van der Waals surface area contributed by atoms with Gasteiger partial charge in [0.05, 0.1) is 16.1 Å². The summed E-state index contributed by atoms with van der Waals surface area (Å²) in [4.78, 5) is 17.2. The van der Waals surface area contributed by atoms with Crippen LogP contribution in [-0.2, 0) is 6.18 Å². The molecule has 0 unspecified atom stereocenters. The summed E-state index contributed by atoms with van der Waals surface area (Å²) in [5.41, 5.74) is 6.24. The molecule has 3 aromatic heterocycles. The molecule has 152 valence electrons. The molecule has 0 bridgehead atoms. The van der Waals surface area contributed by atoms with Gasteiger partial charge in [-0.3, -0.25) is 4.98 Å². The number of hydrogen-bond acceptors (Lipinski definition) is 7. The van der Waals surface area contributed by atoms with Crippen molar-refractivity contribution in [3.05, 3.63) is 65.7 Å². The Labute approximate surface area is 177 Å². The van der Waals surface area contributed by atoms with E-state index in [0.29, 0.717) is 11.2 Å². The molecule has 1 aromatic carbocycles. The molecule has 11 heteroatoms. The standard InChI is InChI=1S/C19H12ClF3N6S/c20-12-7-11(19(21,22)23)8-26-16(12)29-17-14(24)18(28-9-27-17)30-13-5-1-3-10-4-2-6-25-15(10)13/h1-9H,24H2,(H,26,27,28,29). The van der Waals surface area contributed by atoms with Crippen molar-refractivity contribution in [2.24, 2.45) is 0 Å². The second kappa shape index (κ2) is 7.96. The van der Waals surface area contributed by atoms with E-state index >= 15 is 0 Å². The highest BCUT2D eigenvalue weighted by Crippen LogP contribution is 2.38. The number of nitrogens with two attached hydrogens (primary N) is 1. The summed E-state index contributed by atoms with van der Waals surface area (Å²) in [6, 6.07) is 10.3. The molecule has 0 atom stereocenters. The van der Waals surface area contributed by atoms with Gasteiger partial charge in [-0.25, -0.2) is 15.0 Å². The number of benzene rings is 1. The number of anilines is 3. The molecular formula is C19H12ClF3N6S. The van der Waals surface area contributed by atoms with Gasteiger partial charge in [-0.2, -0.15) is 13.2 Å². The fraction of sp³-hybridized carbons (Fsp3) is 0.0526. The van der Waals surface area contributed by atoms with Gasteiger partial charge in [-0.15, -0.1) is 0 Å². The molecule has 4 aromatic rings. The Morgan fingerprint density at radius 3 is 2.57 bits per heavy atom. The maximum absolute atomic E-state index is 12.8. The molecule has 4 rings (SSSR count). The monoisotopic (exact) mass is 448 g/mol. The third-order valence-electron chi connectivity index (χ3n) is 4.05. The van der Waals surface area contributed by atoms with Gasteiger partial charge in [0, 0.05) is 22.7 Å². The van der Waals surface area contributed by atoms with Crippen molar-refractivity contribution in [1.82, 2.24) is 19.9 Å². The third-order valence-corrected chi connectivity index (χ3v) is 5.41. The average Bonchev–Trinajstić information content (AvgIpc) is 2.72. The van der Waals surface area contributed by atoms with Crippen molar-refractivity contribution in [2.45, 2.75) is 16.1 Å². The summed E-state index contributed by atoms with van der Waals surface area (Å²) in [6.45, 7) is 0. The molecule has 6 nitrogen and oxygen atoms in total. The zero-order valence-corrected chi connectivity index (χ0v) is 16.6. The van der Waals surface area contributed by atoms with Crippen molar-refractivity contribution in [1.29, 1.82) is 0 Å². The molecule has 3 N–H and O–H groups in total. The Morgan fingerprint density at radius 1 is 1.00 bits per heavy atom. The van der Waals surface area contributed by atoms with Gasteiger partial charge in [0.1, 0.15) is 22.9 Å². The van der Waals surface area contributed by atoms with E-state index in [1.807, 2.05) is 30.3 Å². The van der Waals surface area contributed by atoms with Crippen LogP contribution in [0.4, 0.5) is 30.5 Å². The van der Waals surface area contributed by atoms with Gasteiger partial charge in [-0.1, -0.05) is 41.6 Å². The number of para-hydroxylation sites is 1. The topological polar surface area (TPSA) is 89.6 Å². The number of rotatable bonds is 4. The van der Waals surface area contributed by atoms with Gasteiger partial charge in [-0.05, 0) is 18.2 Å². The molecule has 0 aliphatic carbocycles. The summed E-state index contributed by atoms with van der Waals surface area (Å²) < 4.78 is 38.4. The second-order valence-electron chi connectivity index (χ2n) is 6.05. The number of halogens is 4. The Kier molecular flexibility index (Phi) is 5.35. The highest BCUT2D eigenvalue weighted by atomic mass is 35.5. The minimum absolute atomic E-state index is 0.00200. The van der Waals surface area contributed by atoms with Gasteiger partial charge in [0.25, 0.3) is 0 Å². The number of nitrogens with one attached hydrogen (secondary N) is 1. The van der Waals surface area contributed by atoms with Gasteiger partial charge < -0.3 is 11.1 Å². The quantitative estimate of drug-likeness (QED) is 0.394. The van der Waals surface area contributed by atoms with Crippen LogP contribution in [0.25, 0.3) is 10.9 Å². The minimum atomic E-state index is -4.54. The smallest absolute Gasteiger partial charge is 0.394 e. The van der Waals surface area contributed by atoms with E-state index in [2.05, 4.69) is 25.3 Å². The summed E-state index contributed by atoms with van der Waals surface area (Å²) in [6.07, 6.45) is -0.874. The number of pyridine rings is 2. The third kappa shape index (κ3) is 4.10. The Morgan fingerprint density at radius 2 is 1.80 bits per heavy atom. The molecule has 0 amide bonds. The Balaban J connectivity index is 1.64. The lowest BCUT2D eigenvalue weighted by atomic mass is 10.2. The first-order valence-electron chi connectivity index (χ1n) is 8.45. The molecule has 0 fully saturated rings. The highest BCUT2D eigenvalue weighted by Gasteiger charge is 2.31. The molecule has 0 aliphatic rings. The van der Waals surface area contributed by atoms with E-state index in [4.69, 9.17) is 17.3 Å². The fourth-order valence-corrected chi connectivity index (χ4v) is 3.76. The zero-order valence-electron chi connectivity index (χ0n) is 15.0. The van der Waals surface area contributed by atoms with E-state index < -0.39 is 11.7 Å². The van der Waals surface area contributed by atoms with Crippen LogP contribution in [0.3, 0.4) is 0 Å². The van der Waals surface area contributed by atoms with Crippen molar-refractivity contribution in [3.8, 4) is 0 Å². The molecule has 0 radical (unpaired) electrons. The van der Waals surface area contributed by atoms with Gasteiger partial charge in [0.15, 0.2) is 5.82 Å². The molecule has 0 spiro atoms. The normalized spacial score (nSPS) is 11.6. The number of hydrogen-bond donors (Lipinski definition) is 2. The van der Waals surface area contributed by atoms with Gasteiger partial charge >= 0.3 is 6.18 Å². The van der Waals surface area contributed by atoms with E-state index in [1.54, 1.807) is 6.20 Å². The molecule has 0 saturated carbocycles. The van der Waals surface area contributed by atoms with Crippen LogP contribution >= 0.6 is 23.4 Å². The first-order chi connectivity index (χ1) is 14.3.